The van der Waals surface area contributed by atoms with Gasteiger partial charge in [-0.2, -0.15) is 0 Å². The van der Waals surface area contributed by atoms with Crippen LogP contribution in [0.1, 0.15) is 50.1 Å². The first-order chi connectivity index (χ1) is 10.9. The summed E-state index contributed by atoms with van der Waals surface area (Å²) >= 11 is 1.84. The quantitative estimate of drug-likeness (QED) is 0.856. The van der Waals surface area contributed by atoms with Gasteiger partial charge in [-0.25, -0.2) is 4.79 Å². The second-order valence-corrected chi connectivity index (χ2v) is 8.12. The number of nitrogens with zero attached hydrogens (tertiary/aromatic N) is 2. The largest absolute Gasteiger partial charge is 0.444 e. The van der Waals surface area contributed by atoms with Crippen LogP contribution in [0.4, 0.5) is 4.79 Å². The van der Waals surface area contributed by atoms with Crippen molar-refractivity contribution in [3.8, 4) is 0 Å². The van der Waals surface area contributed by atoms with E-state index in [1.165, 1.54) is 23.3 Å². The van der Waals surface area contributed by atoms with Gasteiger partial charge in [0.2, 0.25) is 0 Å². The highest BCUT2D eigenvalue weighted by atomic mass is 32.1. The number of aryl methyl sites for hydroxylation is 1. The smallest absolute Gasteiger partial charge is 0.410 e. The molecule has 2 heterocycles. The average molecular weight is 335 g/mol. The van der Waals surface area contributed by atoms with E-state index in [0.717, 1.165) is 12.3 Å². The van der Waals surface area contributed by atoms with E-state index in [0.29, 0.717) is 25.7 Å². The second-order valence-electron chi connectivity index (χ2n) is 7.12. The summed E-state index contributed by atoms with van der Waals surface area (Å²) in [6, 6.07) is 2.54. The van der Waals surface area contributed by atoms with Gasteiger partial charge in [0.1, 0.15) is 11.4 Å². The summed E-state index contributed by atoms with van der Waals surface area (Å²) in [5.74, 6) is 0.895. The fraction of sp³-hybridized carbons (Fsp3) is 0.647. The van der Waals surface area contributed by atoms with Crippen molar-refractivity contribution >= 4 is 23.3 Å². The molecule has 0 spiro atoms. The van der Waals surface area contributed by atoms with E-state index in [1.807, 2.05) is 32.1 Å². The number of rotatable bonds is 1. The van der Waals surface area contributed by atoms with Crippen LogP contribution in [0.15, 0.2) is 16.4 Å². The van der Waals surface area contributed by atoms with Crippen molar-refractivity contribution < 1.29 is 9.53 Å². The monoisotopic (exact) mass is 335 g/mol. The summed E-state index contributed by atoms with van der Waals surface area (Å²) in [7, 11) is 0. The highest BCUT2D eigenvalue weighted by Crippen LogP contribution is 2.33. The van der Waals surface area contributed by atoms with E-state index in [9.17, 15) is 4.79 Å². The molecule has 3 rings (SSSR count). The molecule has 1 aliphatic carbocycles. The Bertz CT molecular complexity index is 603. The molecule has 0 saturated carbocycles. The summed E-state index contributed by atoms with van der Waals surface area (Å²) in [5, 5.41) is 5.72. The maximum absolute atomic E-state index is 12.2. The van der Waals surface area contributed by atoms with E-state index in [2.05, 4.69) is 21.8 Å². The van der Waals surface area contributed by atoms with Crippen molar-refractivity contribution in [3.05, 3.63) is 21.9 Å². The number of hydrogen-bond acceptors (Lipinski definition) is 5. The summed E-state index contributed by atoms with van der Waals surface area (Å²) in [5.41, 5.74) is 0.937. The lowest BCUT2D eigenvalue weighted by atomic mass is 9.94. The predicted molar refractivity (Wildman–Crippen MR) is 93.2 cm³/mol. The molecule has 1 N–H and O–H groups in total. The Morgan fingerprint density at radius 2 is 2.30 bits per heavy atom. The second kappa shape index (κ2) is 6.51. The van der Waals surface area contributed by atoms with Crippen LogP contribution in [0.25, 0.3) is 0 Å². The highest BCUT2D eigenvalue weighted by Gasteiger charge is 2.27. The molecule has 23 heavy (non-hydrogen) atoms. The van der Waals surface area contributed by atoms with Gasteiger partial charge in [0.05, 0.1) is 19.1 Å². The standard InChI is InChI=1S/C17H25N3O2S/c1-17(2,3)22-16(21)20-9-8-18-15(11-20)19-13-5-4-6-14-12(13)7-10-23-14/h7,10,13H,4-6,8-9,11H2,1-3H3,(H,18,19). The van der Waals surface area contributed by atoms with Crippen molar-refractivity contribution in [3.63, 3.8) is 0 Å². The van der Waals surface area contributed by atoms with Gasteiger partial charge < -0.3 is 10.1 Å². The zero-order valence-electron chi connectivity index (χ0n) is 14.1. The fourth-order valence-electron chi connectivity index (χ4n) is 3.03. The molecule has 5 nitrogen and oxygen atoms in total. The lowest BCUT2D eigenvalue weighted by Crippen LogP contribution is -2.48. The number of amidine groups is 1. The summed E-state index contributed by atoms with van der Waals surface area (Å²) in [4.78, 5) is 20.0. The van der Waals surface area contributed by atoms with Crippen molar-refractivity contribution in [1.29, 1.82) is 0 Å². The molecule has 0 bridgehead atoms. The number of aliphatic imine (C=N–C) groups is 1. The van der Waals surface area contributed by atoms with E-state index in [4.69, 9.17) is 4.74 Å². The van der Waals surface area contributed by atoms with E-state index in [1.54, 1.807) is 4.90 Å². The summed E-state index contributed by atoms with van der Waals surface area (Å²) in [6.07, 6.45) is 3.25. The Balaban J connectivity index is 1.62. The highest BCUT2D eigenvalue weighted by molar-refractivity contribution is 7.10. The first kappa shape index (κ1) is 16.3. The van der Waals surface area contributed by atoms with E-state index >= 15 is 0 Å². The fourth-order valence-corrected chi connectivity index (χ4v) is 4.01. The normalized spacial score (nSPS) is 21.4. The van der Waals surface area contributed by atoms with Crippen molar-refractivity contribution in [2.45, 2.75) is 51.7 Å². The molecule has 1 amide bonds. The first-order valence-electron chi connectivity index (χ1n) is 8.26. The van der Waals surface area contributed by atoms with Gasteiger partial charge in [-0.15, -0.1) is 11.3 Å². The Morgan fingerprint density at radius 1 is 1.48 bits per heavy atom. The van der Waals surface area contributed by atoms with Gasteiger partial charge >= 0.3 is 6.09 Å². The number of nitrogens with one attached hydrogen (secondary N) is 1. The van der Waals surface area contributed by atoms with Crippen LogP contribution in [0.5, 0.6) is 0 Å². The van der Waals surface area contributed by atoms with Crippen molar-refractivity contribution in [1.82, 2.24) is 10.2 Å². The Labute approximate surface area is 141 Å². The van der Waals surface area contributed by atoms with Crippen LogP contribution in [0.2, 0.25) is 0 Å². The summed E-state index contributed by atoms with van der Waals surface area (Å²) < 4.78 is 5.47. The van der Waals surface area contributed by atoms with E-state index in [-0.39, 0.29) is 6.09 Å². The maximum atomic E-state index is 12.2. The number of carbonyl (C=O) groups is 1. The number of ether oxygens (including phenoxy) is 1. The molecule has 1 atom stereocenters. The van der Waals surface area contributed by atoms with Crippen molar-refractivity contribution in [2.75, 3.05) is 19.6 Å². The summed E-state index contributed by atoms with van der Waals surface area (Å²) in [6.45, 7) is 7.43. The van der Waals surface area contributed by atoms with Crippen LogP contribution in [0, 0.1) is 0 Å². The van der Waals surface area contributed by atoms with Gasteiger partial charge in [-0.3, -0.25) is 9.89 Å². The SMILES string of the molecule is CC(C)(C)OC(=O)N1CCN=C(NC2CCCc3sccc32)C1. The zero-order valence-corrected chi connectivity index (χ0v) is 14.9. The molecule has 1 aromatic heterocycles. The minimum atomic E-state index is -0.464. The number of hydrogen-bond donors (Lipinski definition) is 1. The minimum Gasteiger partial charge on any atom is -0.444 e. The third kappa shape index (κ3) is 4.05. The Morgan fingerprint density at radius 3 is 3.09 bits per heavy atom. The van der Waals surface area contributed by atoms with E-state index < -0.39 is 5.60 Å². The third-order valence-electron chi connectivity index (χ3n) is 4.06. The van der Waals surface area contributed by atoms with Crippen LogP contribution < -0.4 is 5.32 Å². The molecule has 1 aromatic rings. The average Bonchev–Trinajstić information content (AvgIpc) is 2.95. The number of thiophene rings is 1. The number of amides is 1. The molecular weight excluding hydrogens is 310 g/mol. The van der Waals surface area contributed by atoms with Gasteiger partial charge in [0, 0.05) is 11.4 Å². The Hall–Kier alpha value is -1.56. The lowest BCUT2D eigenvalue weighted by molar-refractivity contribution is 0.0276. The van der Waals surface area contributed by atoms with Crippen LogP contribution in [0.3, 0.4) is 0 Å². The maximum Gasteiger partial charge on any atom is 0.410 e. The van der Waals surface area contributed by atoms with Gasteiger partial charge in [0.25, 0.3) is 0 Å². The van der Waals surface area contributed by atoms with Crippen molar-refractivity contribution in [2.24, 2.45) is 4.99 Å². The van der Waals surface area contributed by atoms with Gasteiger partial charge in [-0.1, -0.05) is 0 Å². The Kier molecular flexibility index (Phi) is 4.62. The molecule has 0 saturated heterocycles. The molecular formula is C17H25N3O2S. The first-order valence-corrected chi connectivity index (χ1v) is 9.14. The molecule has 0 fully saturated rings. The molecule has 126 valence electrons. The van der Waals surface area contributed by atoms with Crippen LogP contribution in [-0.4, -0.2) is 42.1 Å². The molecule has 1 aliphatic heterocycles. The van der Waals surface area contributed by atoms with Crippen LogP contribution in [-0.2, 0) is 11.2 Å². The number of fused-ring (bicyclic) bond motifs is 1. The molecule has 2 aliphatic rings. The number of carbonyl (C=O) groups excluding carboxylic acids is 1. The molecule has 1 unspecified atom stereocenters. The topological polar surface area (TPSA) is 53.9 Å². The lowest BCUT2D eigenvalue weighted by Gasteiger charge is -2.32. The van der Waals surface area contributed by atoms with Gasteiger partial charge in [0.15, 0.2) is 0 Å². The molecule has 0 aromatic carbocycles. The zero-order chi connectivity index (χ0) is 16.4. The predicted octanol–water partition coefficient (Wildman–Crippen LogP) is 3.36. The molecule has 0 radical (unpaired) electrons. The molecule has 6 heteroatoms. The third-order valence-corrected chi connectivity index (χ3v) is 5.05. The van der Waals surface area contributed by atoms with Gasteiger partial charge in [-0.05, 0) is 57.0 Å². The minimum absolute atomic E-state index is 0.258. The van der Waals surface area contributed by atoms with Crippen LogP contribution >= 0.6 is 11.3 Å².